The zero-order valence-corrected chi connectivity index (χ0v) is 17.9. The Bertz CT molecular complexity index is 926. The Morgan fingerprint density at radius 2 is 1.52 bits per heavy atom. The standard InChI is InChI=1S/C24H28N2O5/c1-4-20(23(28)29)25-22(27)21(14(2)3)26-24(30)31-13-19-17-11-7-5-9-15(17)16-10-6-8-12-18(16)19/h5-12,14,19-21H,4,13H2,1-3H3,(H,25,27)(H,26,30)(H,28,29)/t20-,21+/m1/s1. The number of carboxylic acids is 1. The van der Waals surface area contributed by atoms with E-state index in [-0.39, 0.29) is 24.9 Å². The maximum atomic E-state index is 12.5. The summed E-state index contributed by atoms with van der Waals surface area (Å²) in [7, 11) is 0. The summed E-state index contributed by atoms with van der Waals surface area (Å²) in [5, 5.41) is 14.2. The summed E-state index contributed by atoms with van der Waals surface area (Å²) >= 11 is 0. The van der Waals surface area contributed by atoms with Gasteiger partial charge in [0.1, 0.15) is 18.7 Å². The van der Waals surface area contributed by atoms with Gasteiger partial charge >= 0.3 is 12.1 Å². The van der Waals surface area contributed by atoms with E-state index in [0.29, 0.717) is 0 Å². The molecule has 1 aliphatic rings. The molecule has 0 saturated heterocycles. The SMILES string of the molecule is CC[C@@H](NC(=O)[C@@H](NC(=O)OCC1c2ccccc2-c2ccccc21)C(C)C)C(=O)O. The van der Waals surface area contributed by atoms with E-state index in [2.05, 4.69) is 22.8 Å². The second kappa shape index (κ2) is 9.64. The highest BCUT2D eigenvalue weighted by molar-refractivity contribution is 5.89. The van der Waals surface area contributed by atoms with E-state index in [4.69, 9.17) is 9.84 Å². The number of nitrogens with one attached hydrogen (secondary N) is 2. The summed E-state index contributed by atoms with van der Waals surface area (Å²) in [6, 6.07) is 14.2. The van der Waals surface area contributed by atoms with Crippen molar-refractivity contribution in [1.29, 1.82) is 0 Å². The molecule has 1 aliphatic carbocycles. The van der Waals surface area contributed by atoms with Crippen LogP contribution in [0.25, 0.3) is 11.1 Å². The van der Waals surface area contributed by atoms with Crippen LogP contribution in [-0.4, -0.2) is 41.8 Å². The second-order valence-electron chi connectivity index (χ2n) is 8.00. The molecule has 3 N–H and O–H groups in total. The number of alkyl carbamates (subject to hydrolysis) is 1. The molecule has 2 aromatic rings. The topological polar surface area (TPSA) is 105 Å². The van der Waals surface area contributed by atoms with Crippen LogP contribution in [0.3, 0.4) is 0 Å². The molecule has 0 unspecified atom stereocenters. The van der Waals surface area contributed by atoms with Gasteiger partial charge < -0.3 is 20.5 Å². The molecule has 2 amide bonds. The third-order valence-corrected chi connectivity index (χ3v) is 5.59. The molecule has 0 spiro atoms. The molecule has 164 valence electrons. The van der Waals surface area contributed by atoms with Crippen molar-refractivity contribution >= 4 is 18.0 Å². The molecule has 2 aromatic carbocycles. The van der Waals surface area contributed by atoms with Crippen LogP contribution in [-0.2, 0) is 14.3 Å². The van der Waals surface area contributed by atoms with Gasteiger partial charge in [-0.2, -0.15) is 0 Å². The Balaban J connectivity index is 1.66. The lowest BCUT2D eigenvalue weighted by molar-refractivity contribution is -0.142. The molecule has 2 atom stereocenters. The van der Waals surface area contributed by atoms with Gasteiger partial charge in [-0.15, -0.1) is 0 Å². The monoisotopic (exact) mass is 424 g/mol. The molecule has 0 aromatic heterocycles. The number of aliphatic carboxylic acids is 1. The number of fused-ring (bicyclic) bond motifs is 3. The lowest BCUT2D eigenvalue weighted by Gasteiger charge is -2.24. The molecule has 0 bridgehead atoms. The van der Waals surface area contributed by atoms with Gasteiger partial charge in [-0.3, -0.25) is 4.79 Å². The van der Waals surface area contributed by atoms with E-state index >= 15 is 0 Å². The average Bonchev–Trinajstić information content (AvgIpc) is 3.07. The summed E-state index contributed by atoms with van der Waals surface area (Å²) in [4.78, 5) is 36.2. The predicted molar refractivity (Wildman–Crippen MR) is 117 cm³/mol. The molecular formula is C24H28N2O5. The van der Waals surface area contributed by atoms with Crippen molar-refractivity contribution in [1.82, 2.24) is 10.6 Å². The van der Waals surface area contributed by atoms with Crippen molar-refractivity contribution in [2.24, 2.45) is 5.92 Å². The quantitative estimate of drug-likeness (QED) is 0.601. The lowest BCUT2D eigenvalue weighted by Crippen LogP contribution is -2.53. The summed E-state index contributed by atoms with van der Waals surface area (Å²) in [6.07, 6.45) is -0.462. The first-order valence-electron chi connectivity index (χ1n) is 10.5. The summed E-state index contributed by atoms with van der Waals surface area (Å²) in [6.45, 7) is 5.35. The highest BCUT2D eigenvalue weighted by Crippen LogP contribution is 2.44. The van der Waals surface area contributed by atoms with Crippen molar-refractivity contribution in [2.75, 3.05) is 6.61 Å². The van der Waals surface area contributed by atoms with Gasteiger partial charge in [0.05, 0.1) is 0 Å². The Labute approximate surface area is 181 Å². The lowest BCUT2D eigenvalue weighted by atomic mass is 9.98. The Kier molecular flexibility index (Phi) is 6.95. The first-order valence-corrected chi connectivity index (χ1v) is 10.5. The van der Waals surface area contributed by atoms with Crippen LogP contribution >= 0.6 is 0 Å². The molecular weight excluding hydrogens is 396 g/mol. The molecule has 7 heteroatoms. The number of hydrogen-bond acceptors (Lipinski definition) is 4. The van der Waals surface area contributed by atoms with Crippen molar-refractivity contribution in [3.8, 4) is 11.1 Å². The zero-order chi connectivity index (χ0) is 22.5. The average molecular weight is 424 g/mol. The third kappa shape index (κ3) is 4.87. The smallest absolute Gasteiger partial charge is 0.407 e. The molecule has 0 saturated carbocycles. The van der Waals surface area contributed by atoms with E-state index in [9.17, 15) is 14.4 Å². The summed E-state index contributed by atoms with van der Waals surface area (Å²) in [5.74, 6) is -1.98. The fraction of sp³-hybridized carbons (Fsp3) is 0.375. The van der Waals surface area contributed by atoms with Crippen LogP contribution in [0.4, 0.5) is 4.79 Å². The van der Waals surface area contributed by atoms with Crippen LogP contribution in [0.1, 0.15) is 44.2 Å². The van der Waals surface area contributed by atoms with Gasteiger partial charge in [-0.25, -0.2) is 9.59 Å². The molecule has 7 nitrogen and oxygen atoms in total. The van der Waals surface area contributed by atoms with Crippen LogP contribution in [0.15, 0.2) is 48.5 Å². The van der Waals surface area contributed by atoms with E-state index in [1.807, 2.05) is 36.4 Å². The molecule has 3 rings (SSSR count). The Hall–Kier alpha value is -3.35. The largest absolute Gasteiger partial charge is 0.480 e. The van der Waals surface area contributed by atoms with Crippen LogP contribution in [0, 0.1) is 5.92 Å². The zero-order valence-electron chi connectivity index (χ0n) is 17.9. The minimum atomic E-state index is -1.11. The number of amides is 2. The van der Waals surface area contributed by atoms with Gasteiger partial charge in [0.25, 0.3) is 0 Å². The van der Waals surface area contributed by atoms with Crippen molar-refractivity contribution in [3.63, 3.8) is 0 Å². The van der Waals surface area contributed by atoms with E-state index in [0.717, 1.165) is 22.3 Å². The first kappa shape index (κ1) is 22.3. The van der Waals surface area contributed by atoms with Crippen LogP contribution < -0.4 is 10.6 Å². The Morgan fingerprint density at radius 1 is 0.968 bits per heavy atom. The van der Waals surface area contributed by atoms with E-state index < -0.39 is 30.1 Å². The Morgan fingerprint density at radius 3 is 2.00 bits per heavy atom. The van der Waals surface area contributed by atoms with Gasteiger partial charge in [0, 0.05) is 5.92 Å². The third-order valence-electron chi connectivity index (χ3n) is 5.59. The minimum Gasteiger partial charge on any atom is -0.480 e. The van der Waals surface area contributed by atoms with E-state index in [1.165, 1.54) is 0 Å². The van der Waals surface area contributed by atoms with Gasteiger partial charge in [0.2, 0.25) is 5.91 Å². The van der Waals surface area contributed by atoms with Gasteiger partial charge in [0.15, 0.2) is 0 Å². The van der Waals surface area contributed by atoms with Gasteiger partial charge in [-0.05, 0) is 34.6 Å². The number of benzene rings is 2. The van der Waals surface area contributed by atoms with Crippen molar-refractivity contribution in [2.45, 2.75) is 45.2 Å². The normalized spacial score (nSPS) is 14.3. The molecule has 0 radical (unpaired) electrons. The molecule has 0 aliphatic heterocycles. The molecule has 0 heterocycles. The fourth-order valence-corrected chi connectivity index (χ4v) is 3.90. The minimum absolute atomic E-state index is 0.0824. The maximum Gasteiger partial charge on any atom is 0.407 e. The summed E-state index contributed by atoms with van der Waals surface area (Å²) < 4.78 is 5.50. The fourth-order valence-electron chi connectivity index (χ4n) is 3.90. The number of carboxylic acid groups (broad SMARTS) is 1. The highest BCUT2D eigenvalue weighted by Gasteiger charge is 2.31. The van der Waals surface area contributed by atoms with Crippen LogP contribution in [0.5, 0.6) is 0 Å². The molecule has 31 heavy (non-hydrogen) atoms. The summed E-state index contributed by atoms with van der Waals surface area (Å²) in [5.41, 5.74) is 4.46. The van der Waals surface area contributed by atoms with Crippen LogP contribution in [0.2, 0.25) is 0 Å². The predicted octanol–water partition coefficient (Wildman–Crippen LogP) is 3.53. The number of hydrogen-bond donors (Lipinski definition) is 3. The number of rotatable bonds is 8. The number of carbonyl (C=O) groups excluding carboxylic acids is 2. The van der Waals surface area contributed by atoms with Crippen molar-refractivity contribution in [3.05, 3.63) is 59.7 Å². The highest BCUT2D eigenvalue weighted by atomic mass is 16.5. The molecule has 0 fully saturated rings. The van der Waals surface area contributed by atoms with Crippen molar-refractivity contribution < 1.29 is 24.2 Å². The van der Waals surface area contributed by atoms with Gasteiger partial charge in [-0.1, -0.05) is 69.3 Å². The number of carbonyl (C=O) groups is 3. The first-order chi connectivity index (χ1) is 14.8. The second-order valence-corrected chi connectivity index (χ2v) is 8.00. The number of ether oxygens (including phenoxy) is 1. The van der Waals surface area contributed by atoms with E-state index in [1.54, 1.807) is 20.8 Å². The maximum absolute atomic E-state index is 12.5.